The second-order valence-corrected chi connectivity index (χ2v) is 6.47. The molecule has 0 unspecified atom stereocenters. The smallest absolute Gasteiger partial charge is 0.119 e. The molecular formula is C17H12Cl2N2S. The Balaban J connectivity index is 1.71. The summed E-state index contributed by atoms with van der Waals surface area (Å²) in [6.45, 7) is 0. The Kier molecular flexibility index (Phi) is 4.98. The summed E-state index contributed by atoms with van der Waals surface area (Å²) >= 11 is 13.6. The molecule has 0 radical (unpaired) electrons. The third-order valence-corrected chi connectivity index (χ3v) is 4.82. The van der Waals surface area contributed by atoms with Crippen molar-refractivity contribution in [3.8, 4) is 11.3 Å². The number of hydrogen-bond donors (Lipinski definition) is 0. The second-order valence-electron chi connectivity index (χ2n) is 4.66. The molecule has 22 heavy (non-hydrogen) atoms. The van der Waals surface area contributed by atoms with Gasteiger partial charge in [-0.15, -0.1) is 10.2 Å². The minimum Gasteiger partial charge on any atom is -0.149 e. The monoisotopic (exact) mass is 346 g/mol. The molecular weight excluding hydrogens is 335 g/mol. The van der Waals surface area contributed by atoms with E-state index < -0.39 is 0 Å². The highest BCUT2D eigenvalue weighted by Gasteiger charge is 2.05. The largest absolute Gasteiger partial charge is 0.149 e. The topological polar surface area (TPSA) is 25.8 Å². The lowest BCUT2D eigenvalue weighted by Gasteiger charge is -2.04. The van der Waals surface area contributed by atoms with Gasteiger partial charge in [-0.1, -0.05) is 71.4 Å². The highest BCUT2D eigenvalue weighted by Crippen LogP contribution is 2.28. The molecule has 0 spiro atoms. The molecule has 5 heteroatoms. The molecule has 3 aromatic rings. The van der Waals surface area contributed by atoms with E-state index in [0.29, 0.717) is 10.0 Å². The van der Waals surface area contributed by atoms with Crippen molar-refractivity contribution < 1.29 is 0 Å². The van der Waals surface area contributed by atoms with Gasteiger partial charge < -0.3 is 0 Å². The van der Waals surface area contributed by atoms with Crippen molar-refractivity contribution >= 4 is 35.0 Å². The summed E-state index contributed by atoms with van der Waals surface area (Å²) in [6, 6.07) is 19.6. The molecule has 0 amide bonds. The van der Waals surface area contributed by atoms with E-state index in [0.717, 1.165) is 22.0 Å². The predicted molar refractivity (Wildman–Crippen MR) is 93.5 cm³/mol. The van der Waals surface area contributed by atoms with Crippen LogP contribution in [0.15, 0.2) is 65.7 Å². The summed E-state index contributed by atoms with van der Waals surface area (Å²) in [5.41, 5.74) is 2.95. The maximum absolute atomic E-state index is 6.03. The maximum atomic E-state index is 6.03. The Labute approximate surface area is 143 Å². The van der Waals surface area contributed by atoms with Gasteiger partial charge in [0, 0.05) is 11.3 Å². The van der Waals surface area contributed by atoms with E-state index in [2.05, 4.69) is 22.3 Å². The third-order valence-electron chi connectivity index (χ3n) is 3.08. The highest BCUT2D eigenvalue weighted by molar-refractivity contribution is 7.98. The van der Waals surface area contributed by atoms with Crippen molar-refractivity contribution in [3.05, 3.63) is 76.3 Å². The van der Waals surface area contributed by atoms with Crippen molar-refractivity contribution in [2.24, 2.45) is 0 Å². The van der Waals surface area contributed by atoms with Crippen LogP contribution in [0.25, 0.3) is 11.3 Å². The number of thioether (sulfide) groups is 1. The first-order chi connectivity index (χ1) is 10.7. The van der Waals surface area contributed by atoms with Gasteiger partial charge in [-0.25, -0.2) is 0 Å². The lowest BCUT2D eigenvalue weighted by Crippen LogP contribution is -1.90. The average molecular weight is 347 g/mol. The molecule has 1 heterocycles. The molecule has 0 aliphatic carbocycles. The Morgan fingerprint density at radius 2 is 1.64 bits per heavy atom. The van der Waals surface area contributed by atoms with E-state index in [1.807, 2.05) is 36.4 Å². The van der Waals surface area contributed by atoms with Gasteiger partial charge in [0.05, 0.1) is 15.7 Å². The Morgan fingerprint density at radius 1 is 0.818 bits per heavy atom. The van der Waals surface area contributed by atoms with Gasteiger partial charge in [-0.2, -0.15) is 0 Å². The summed E-state index contributed by atoms with van der Waals surface area (Å²) in [6.07, 6.45) is 0. The quantitative estimate of drug-likeness (QED) is 0.563. The first-order valence-corrected chi connectivity index (χ1v) is 8.42. The van der Waals surface area contributed by atoms with Crippen LogP contribution in [0, 0.1) is 0 Å². The van der Waals surface area contributed by atoms with Crippen molar-refractivity contribution in [2.45, 2.75) is 10.8 Å². The van der Waals surface area contributed by atoms with Gasteiger partial charge in [0.2, 0.25) is 0 Å². The van der Waals surface area contributed by atoms with E-state index in [1.54, 1.807) is 23.9 Å². The lowest BCUT2D eigenvalue weighted by atomic mass is 10.1. The average Bonchev–Trinajstić information content (AvgIpc) is 2.57. The fourth-order valence-corrected chi connectivity index (χ4v) is 3.01. The van der Waals surface area contributed by atoms with Gasteiger partial charge in [-0.3, -0.25) is 0 Å². The lowest BCUT2D eigenvalue weighted by molar-refractivity contribution is 0.935. The minimum absolute atomic E-state index is 0.517. The normalized spacial score (nSPS) is 10.6. The fraction of sp³-hybridized carbons (Fsp3) is 0.0588. The SMILES string of the molecule is Clc1ccc(-c2ccc(SCc3ccccc3)nn2)cc1Cl. The van der Waals surface area contributed by atoms with Crippen molar-refractivity contribution in [2.75, 3.05) is 0 Å². The molecule has 110 valence electrons. The van der Waals surface area contributed by atoms with Crippen LogP contribution < -0.4 is 0 Å². The summed E-state index contributed by atoms with van der Waals surface area (Å²) < 4.78 is 0. The number of halogens is 2. The van der Waals surface area contributed by atoms with Crippen LogP contribution >= 0.6 is 35.0 Å². The van der Waals surface area contributed by atoms with Gasteiger partial charge in [-0.05, 0) is 29.8 Å². The van der Waals surface area contributed by atoms with E-state index in [-0.39, 0.29) is 0 Å². The number of benzene rings is 2. The summed E-state index contributed by atoms with van der Waals surface area (Å²) in [4.78, 5) is 0. The zero-order valence-corrected chi connectivity index (χ0v) is 13.9. The first-order valence-electron chi connectivity index (χ1n) is 6.68. The molecule has 0 aliphatic heterocycles. The molecule has 2 aromatic carbocycles. The van der Waals surface area contributed by atoms with Gasteiger partial charge in [0.1, 0.15) is 5.03 Å². The molecule has 2 nitrogen and oxygen atoms in total. The number of rotatable bonds is 4. The van der Waals surface area contributed by atoms with Crippen molar-refractivity contribution in [3.63, 3.8) is 0 Å². The zero-order chi connectivity index (χ0) is 15.4. The molecule has 0 saturated carbocycles. The summed E-state index contributed by atoms with van der Waals surface area (Å²) in [5, 5.41) is 10.5. The van der Waals surface area contributed by atoms with E-state index in [1.165, 1.54) is 5.56 Å². The van der Waals surface area contributed by atoms with E-state index in [4.69, 9.17) is 23.2 Å². The van der Waals surface area contributed by atoms with Crippen LogP contribution in [0.2, 0.25) is 10.0 Å². The summed E-state index contributed by atoms with van der Waals surface area (Å²) in [7, 11) is 0. The van der Waals surface area contributed by atoms with E-state index >= 15 is 0 Å². The van der Waals surface area contributed by atoms with Crippen molar-refractivity contribution in [1.29, 1.82) is 0 Å². The molecule has 0 atom stereocenters. The fourth-order valence-electron chi connectivity index (χ4n) is 1.94. The molecule has 3 rings (SSSR count). The first kappa shape index (κ1) is 15.3. The van der Waals surface area contributed by atoms with Crippen LogP contribution in [0.3, 0.4) is 0 Å². The van der Waals surface area contributed by atoms with Crippen LogP contribution in [-0.4, -0.2) is 10.2 Å². The van der Waals surface area contributed by atoms with Crippen LogP contribution in [0.1, 0.15) is 5.56 Å². The molecule has 0 saturated heterocycles. The minimum atomic E-state index is 0.517. The number of nitrogens with zero attached hydrogens (tertiary/aromatic N) is 2. The standard InChI is InChI=1S/C17H12Cl2N2S/c18-14-7-6-13(10-15(14)19)16-8-9-17(21-20-16)22-11-12-4-2-1-3-5-12/h1-10H,11H2. The van der Waals surface area contributed by atoms with Crippen LogP contribution in [0.4, 0.5) is 0 Å². The Morgan fingerprint density at radius 3 is 2.32 bits per heavy atom. The Hall–Kier alpha value is -1.55. The van der Waals surface area contributed by atoms with E-state index in [9.17, 15) is 0 Å². The van der Waals surface area contributed by atoms with Crippen molar-refractivity contribution in [1.82, 2.24) is 10.2 Å². The molecule has 0 aliphatic rings. The zero-order valence-electron chi connectivity index (χ0n) is 11.5. The second kappa shape index (κ2) is 7.14. The predicted octanol–water partition coefficient (Wildman–Crippen LogP) is 5.74. The maximum Gasteiger partial charge on any atom is 0.119 e. The Bertz CT molecular complexity index is 761. The molecule has 1 aromatic heterocycles. The summed E-state index contributed by atoms with van der Waals surface area (Å²) in [5.74, 6) is 0.877. The number of aromatic nitrogens is 2. The van der Waals surface area contributed by atoms with Gasteiger partial charge >= 0.3 is 0 Å². The molecule has 0 fully saturated rings. The van der Waals surface area contributed by atoms with Gasteiger partial charge in [0.15, 0.2) is 0 Å². The third kappa shape index (κ3) is 3.80. The number of hydrogen-bond acceptors (Lipinski definition) is 3. The van der Waals surface area contributed by atoms with Gasteiger partial charge in [0.25, 0.3) is 0 Å². The van der Waals surface area contributed by atoms with Crippen LogP contribution in [-0.2, 0) is 5.75 Å². The molecule has 0 N–H and O–H groups in total. The van der Waals surface area contributed by atoms with Crippen LogP contribution in [0.5, 0.6) is 0 Å². The molecule has 0 bridgehead atoms. The highest BCUT2D eigenvalue weighted by atomic mass is 35.5.